The maximum Gasteiger partial charge on any atom is 0.275 e. The zero-order valence-electron chi connectivity index (χ0n) is 10.8. The van der Waals surface area contributed by atoms with Crippen LogP contribution in [0.4, 0.5) is 11.4 Å². The third kappa shape index (κ3) is 3.32. The first-order valence-electron chi connectivity index (χ1n) is 5.88. The van der Waals surface area contributed by atoms with Crippen LogP contribution in [0.5, 0.6) is 5.75 Å². The van der Waals surface area contributed by atoms with E-state index in [-0.39, 0.29) is 17.1 Å². The van der Waals surface area contributed by atoms with Crippen molar-refractivity contribution in [3.8, 4) is 5.75 Å². The standard InChI is InChI=1S/C14H13N3O3/c1-10(11-5-3-2-4-6-11)16-20-14-8-12(15)7-13(9-14)17(18)19/h2-9H,15H2,1H3/b16-10-. The molecule has 0 aromatic heterocycles. The maximum atomic E-state index is 10.7. The summed E-state index contributed by atoms with van der Waals surface area (Å²) in [5, 5.41) is 14.7. The lowest BCUT2D eigenvalue weighted by Gasteiger charge is -2.03. The molecule has 0 fully saturated rings. The number of nitrogens with zero attached hydrogens (tertiary/aromatic N) is 2. The number of hydrogen-bond donors (Lipinski definition) is 1. The van der Waals surface area contributed by atoms with Crippen LogP contribution >= 0.6 is 0 Å². The highest BCUT2D eigenvalue weighted by atomic mass is 16.6. The zero-order valence-corrected chi connectivity index (χ0v) is 10.8. The molecule has 0 atom stereocenters. The lowest BCUT2D eigenvalue weighted by atomic mass is 10.1. The van der Waals surface area contributed by atoms with Gasteiger partial charge in [-0.05, 0) is 12.5 Å². The Morgan fingerprint density at radius 1 is 1.25 bits per heavy atom. The third-order valence-corrected chi connectivity index (χ3v) is 2.60. The summed E-state index contributed by atoms with van der Waals surface area (Å²) in [5.74, 6) is 0.229. The number of hydrogen-bond acceptors (Lipinski definition) is 5. The molecule has 0 aliphatic carbocycles. The van der Waals surface area contributed by atoms with Crippen molar-refractivity contribution in [3.05, 3.63) is 64.2 Å². The molecule has 0 saturated carbocycles. The molecule has 2 N–H and O–H groups in total. The van der Waals surface area contributed by atoms with Gasteiger partial charge < -0.3 is 10.6 Å². The van der Waals surface area contributed by atoms with Gasteiger partial charge in [-0.25, -0.2) is 0 Å². The Morgan fingerprint density at radius 2 is 1.95 bits per heavy atom. The summed E-state index contributed by atoms with van der Waals surface area (Å²) in [6.45, 7) is 1.79. The maximum absolute atomic E-state index is 10.7. The Morgan fingerprint density at radius 3 is 2.60 bits per heavy atom. The molecule has 2 aromatic carbocycles. The Balaban J connectivity index is 2.20. The van der Waals surface area contributed by atoms with Crippen LogP contribution in [0.3, 0.4) is 0 Å². The molecular weight excluding hydrogens is 258 g/mol. The minimum atomic E-state index is -0.531. The van der Waals surface area contributed by atoms with Crippen LogP contribution in [-0.4, -0.2) is 10.6 Å². The molecule has 0 saturated heterocycles. The summed E-state index contributed by atoms with van der Waals surface area (Å²) < 4.78 is 0. The van der Waals surface area contributed by atoms with Gasteiger partial charge in [-0.15, -0.1) is 0 Å². The van der Waals surface area contributed by atoms with E-state index in [0.29, 0.717) is 5.71 Å². The fourth-order valence-corrected chi connectivity index (χ4v) is 1.62. The largest absolute Gasteiger partial charge is 0.398 e. The van der Waals surface area contributed by atoms with Crippen molar-refractivity contribution < 1.29 is 9.76 Å². The van der Waals surface area contributed by atoms with Gasteiger partial charge in [-0.2, -0.15) is 0 Å². The summed E-state index contributed by atoms with van der Waals surface area (Å²) >= 11 is 0. The lowest BCUT2D eigenvalue weighted by Crippen LogP contribution is -1.98. The number of non-ortho nitro benzene ring substituents is 1. The predicted octanol–water partition coefficient (Wildman–Crippen LogP) is 2.98. The minimum Gasteiger partial charge on any atom is -0.398 e. The lowest BCUT2D eigenvalue weighted by molar-refractivity contribution is -0.384. The summed E-state index contributed by atoms with van der Waals surface area (Å²) in [7, 11) is 0. The number of nitro groups is 1. The second-order valence-electron chi connectivity index (χ2n) is 4.15. The van der Waals surface area contributed by atoms with Crippen LogP contribution in [0.1, 0.15) is 12.5 Å². The summed E-state index contributed by atoms with van der Waals surface area (Å²) in [6.07, 6.45) is 0. The van der Waals surface area contributed by atoms with Gasteiger partial charge in [-0.1, -0.05) is 35.5 Å². The molecule has 0 heterocycles. The first-order valence-corrected chi connectivity index (χ1v) is 5.88. The van der Waals surface area contributed by atoms with Gasteiger partial charge in [0.05, 0.1) is 16.7 Å². The van der Waals surface area contributed by atoms with Crippen LogP contribution < -0.4 is 10.6 Å². The summed E-state index contributed by atoms with van der Waals surface area (Å²) in [4.78, 5) is 15.4. The van der Waals surface area contributed by atoms with Crippen molar-refractivity contribution in [2.45, 2.75) is 6.92 Å². The average molecular weight is 271 g/mol. The third-order valence-electron chi connectivity index (χ3n) is 2.60. The highest BCUT2D eigenvalue weighted by molar-refractivity contribution is 5.98. The van der Waals surface area contributed by atoms with Crippen molar-refractivity contribution in [3.63, 3.8) is 0 Å². The van der Waals surface area contributed by atoms with E-state index >= 15 is 0 Å². The highest BCUT2D eigenvalue weighted by Crippen LogP contribution is 2.24. The number of rotatable bonds is 4. The predicted molar refractivity (Wildman–Crippen MR) is 76.8 cm³/mol. The molecular formula is C14H13N3O3. The molecule has 0 aliphatic rings. The van der Waals surface area contributed by atoms with Gasteiger partial charge >= 0.3 is 0 Å². The van der Waals surface area contributed by atoms with Crippen molar-refractivity contribution in [2.24, 2.45) is 5.16 Å². The molecule has 2 aromatic rings. The fraction of sp³-hybridized carbons (Fsp3) is 0.0714. The zero-order chi connectivity index (χ0) is 14.5. The average Bonchev–Trinajstić information content (AvgIpc) is 2.45. The quantitative estimate of drug-likeness (QED) is 0.400. The Labute approximate surface area is 115 Å². The minimum absolute atomic E-state index is 0.132. The molecule has 0 bridgehead atoms. The normalized spacial score (nSPS) is 11.2. The van der Waals surface area contributed by atoms with Gasteiger partial charge in [0.15, 0.2) is 5.75 Å². The number of anilines is 1. The van der Waals surface area contributed by atoms with Gasteiger partial charge in [0.1, 0.15) is 0 Å². The van der Waals surface area contributed by atoms with Crippen molar-refractivity contribution >= 4 is 17.1 Å². The first kappa shape index (κ1) is 13.5. The number of oxime groups is 1. The molecule has 0 spiro atoms. The van der Waals surface area contributed by atoms with Crippen LogP contribution in [0.25, 0.3) is 0 Å². The summed E-state index contributed by atoms with van der Waals surface area (Å²) in [6, 6.07) is 13.5. The van der Waals surface area contributed by atoms with Crippen molar-refractivity contribution in [2.75, 3.05) is 5.73 Å². The Kier molecular flexibility index (Phi) is 3.95. The van der Waals surface area contributed by atoms with E-state index in [1.807, 2.05) is 30.3 Å². The van der Waals surface area contributed by atoms with Crippen LogP contribution in [-0.2, 0) is 0 Å². The smallest absolute Gasteiger partial charge is 0.275 e. The summed E-state index contributed by atoms with van der Waals surface area (Å²) in [5.41, 5.74) is 7.27. The van der Waals surface area contributed by atoms with Crippen LogP contribution in [0.15, 0.2) is 53.7 Å². The molecule has 0 unspecified atom stereocenters. The number of benzene rings is 2. The molecule has 0 amide bonds. The molecule has 20 heavy (non-hydrogen) atoms. The van der Waals surface area contributed by atoms with Crippen LogP contribution in [0, 0.1) is 10.1 Å². The van der Waals surface area contributed by atoms with E-state index in [4.69, 9.17) is 10.6 Å². The SMILES string of the molecule is C/C(=N/Oc1cc(N)cc([N+](=O)[O-])c1)c1ccccc1. The number of nitrogens with two attached hydrogens (primary N) is 1. The van der Waals surface area contributed by atoms with Gasteiger partial charge in [0.25, 0.3) is 5.69 Å². The second-order valence-corrected chi connectivity index (χ2v) is 4.15. The molecule has 102 valence electrons. The molecule has 0 radical (unpaired) electrons. The first-order chi connectivity index (χ1) is 9.56. The van der Waals surface area contributed by atoms with Gasteiger partial charge in [-0.3, -0.25) is 10.1 Å². The molecule has 6 heteroatoms. The molecule has 0 aliphatic heterocycles. The van der Waals surface area contributed by atoms with E-state index in [1.165, 1.54) is 18.2 Å². The Hall–Kier alpha value is -2.89. The van der Waals surface area contributed by atoms with Gasteiger partial charge in [0, 0.05) is 17.8 Å². The van der Waals surface area contributed by atoms with Crippen molar-refractivity contribution in [1.82, 2.24) is 0 Å². The van der Waals surface area contributed by atoms with E-state index in [1.54, 1.807) is 6.92 Å². The monoisotopic (exact) mass is 271 g/mol. The van der Waals surface area contributed by atoms with E-state index in [0.717, 1.165) is 5.56 Å². The number of nitro benzene ring substituents is 1. The highest BCUT2D eigenvalue weighted by Gasteiger charge is 2.09. The van der Waals surface area contributed by atoms with E-state index in [2.05, 4.69) is 5.16 Å². The second kappa shape index (κ2) is 5.83. The molecule has 6 nitrogen and oxygen atoms in total. The Bertz CT molecular complexity index is 654. The van der Waals surface area contributed by atoms with E-state index in [9.17, 15) is 10.1 Å². The van der Waals surface area contributed by atoms with E-state index < -0.39 is 4.92 Å². The van der Waals surface area contributed by atoms with Gasteiger partial charge in [0.2, 0.25) is 0 Å². The number of nitrogen functional groups attached to an aromatic ring is 1. The van der Waals surface area contributed by atoms with Crippen LogP contribution in [0.2, 0.25) is 0 Å². The molecule has 2 rings (SSSR count). The topological polar surface area (TPSA) is 90.8 Å². The van der Waals surface area contributed by atoms with Crippen molar-refractivity contribution in [1.29, 1.82) is 0 Å². The fourth-order valence-electron chi connectivity index (χ4n) is 1.62.